The van der Waals surface area contributed by atoms with Gasteiger partial charge in [-0.25, -0.2) is 22.5 Å². The maximum Gasteiger partial charge on any atom is 0.421 e. The summed E-state index contributed by atoms with van der Waals surface area (Å²) < 4.78 is 69.0. The Balaban J connectivity index is 1.42. The fraction of sp³-hybridized carbons (Fsp3) is 0.344. The van der Waals surface area contributed by atoms with E-state index >= 15 is 0 Å². The van der Waals surface area contributed by atoms with Crippen molar-refractivity contribution in [3.05, 3.63) is 88.2 Å². The molecule has 0 atom stereocenters. The van der Waals surface area contributed by atoms with Crippen LogP contribution in [0.25, 0.3) is 16.7 Å². The van der Waals surface area contributed by atoms with Gasteiger partial charge >= 0.3 is 12.3 Å². The van der Waals surface area contributed by atoms with Gasteiger partial charge in [0.2, 0.25) is 5.91 Å². The third-order valence-corrected chi connectivity index (χ3v) is 10.1. The number of benzene rings is 3. The lowest BCUT2D eigenvalue weighted by molar-refractivity contribution is -0.137. The fourth-order valence-corrected chi connectivity index (χ4v) is 7.08. The molecule has 0 unspecified atom stereocenters. The van der Waals surface area contributed by atoms with Crippen molar-refractivity contribution in [1.82, 2.24) is 18.8 Å². The first-order valence-electron chi connectivity index (χ1n) is 14.7. The maximum atomic E-state index is 13.6. The molecular formula is C32H32ClF3N4O5S. The van der Waals surface area contributed by atoms with Gasteiger partial charge in [0.25, 0.3) is 10.0 Å². The molecule has 0 spiro atoms. The molecule has 2 amide bonds. The van der Waals surface area contributed by atoms with E-state index in [2.05, 4.69) is 4.98 Å². The molecule has 244 valence electrons. The molecule has 5 rings (SSSR count). The number of likely N-dealkylation sites (tertiary alicyclic amines) is 1. The van der Waals surface area contributed by atoms with Gasteiger partial charge in [0.05, 0.1) is 26.5 Å². The summed E-state index contributed by atoms with van der Waals surface area (Å²) in [7, 11) is -4.30. The molecule has 1 N–H and O–H groups in total. The highest BCUT2D eigenvalue weighted by Gasteiger charge is 2.34. The third kappa shape index (κ3) is 7.15. The molecule has 1 fully saturated rings. The monoisotopic (exact) mass is 676 g/mol. The van der Waals surface area contributed by atoms with Gasteiger partial charge in [-0.1, -0.05) is 41.4 Å². The summed E-state index contributed by atoms with van der Waals surface area (Å²) in [4.78, 5) is 31.0. The van der Waals surface area contributed by atoms with Crippen molar-refractivity contribution in [3.8, 4) is 5.69 Å². The van der Waals surface area contributed by atoms with Crippen LogP contribution in [0.3, 0.4) is 0 Å². The first-order valence-corrected chi connectivity index (χ1v) is 16.5. The molecule has 0 radical (unpaired) electrons. The van der Waals surface area contributed by atoms with Crippen LogP contribution >= 0.6 is 11.6 Å². The van der Waals surface area contributed by atoms with E-state index in [9.17, 15) is 36.3 Å². The zero-order valence-electron chi connectivity index (χ0n) is 24.9. The summed E-state index contributed by atoms with van der Waals surface area (Å²) in [6.45, 7) is 2.80. The molecule has 14 heteroatoms. The molecule has 46 heavy (non-hydrogen) atoms. The summed E-state index contributed by atoms with van der Waals surface area (Å²) in [6, 6.07) is 14.7. The van der Waals surface area contributed by atoms with E-state index in [1.807, 2.05) is 0 Å². The van der Waals surface area contributed by atoms with Crippen LogP contribution in [0.4, 0.5) is 18.0 Å². The summed E-state index contributed by atoms with van der Waals surface area (Å²) in [6.07, 6.45) is -3.00. The van der Waals surface area contributed by atoms with Crippen molar-refractivity contribution in [2.75, 3.05) is 19.6 Å². The van der Waals surface area contributed by atoms with E-state index in [0.29, 0.717) is 40.0 Å². The lowest BCUT2D eigenvalue weighted by Crippen LogP contribution is -2.37. The highest BCUT2D eigenvalue weighted by molar-refractivity contribution is 7.89. The average Bonchev–Trinajstić information content (AvgIpc) is 3.36. The second-order valence-corrected chi connectivity index (χ2v) is 13.5. The predicted molar refractivity (Wildman–Crippen MR) is 167 cm³/mol. The van der Waals surface area contributed by atoms with Gasteiger partial charge in [-0.15, -0.1) is 0 Å². The standard InChI is InChI=1S/C32H32ClF3N4O5S/c1-21-5-11-24(12-6-21)46(44,45)39(31(42)43)18-15-22-7-9-23(10-8-22)40-28-20-26(33)25(32(34,35)36)19-27(28)37-29(40)13-14-30(41)38-16-3-2-4-17-38/h5-12,19-20H,2-4,13-18H2,1H3,(H,42,43). The Morgan fingerprint density at radius 1 is 0.978 bits per heavy atom. The number of imidazole rings is 1. The van der Waals surface area contributed by atoms with Gasteiger partial charge in [0, 0.05) is 38.2 Å². The van der Waals surface area contributed by atoms with Crippen LogP contribution in [0.1, 0.15) is 48.2 Å². The van der Waals surface area contributed by atoms with Crippen LogP contribution in [-0.2, 0) is 33.8 Å². The Labute approximate surface area is 269 Å². The Hall–Kier alpha value is -4.10. The molecule has 2 heterocycles. The number of alkyl halides is 3. The van der Waals surface area contributed by atoms with Gasteiger partial charge in [-0.05, 0) is 74.6 Å². The minimum Gasteiger partial charge on any atom is -0.464 e. The van der Waals surface area contributed by atoms with Crippen LogP contribution in [-0.4, -0.2) is 63.9 Å². The Morgan fingerprint density at radius 2 is 1.63 bits per heavy atom. The maximum absolute atomic E-state index is 13.6. The minimum atomic E-state index is -4.68. The van der Waals surface area contributed by atoms with E-state index in [1.165, 1.54) is 18.2 Å². The van der Waals surface area contributed by atoms with E-state index in [4.69, 9.17) is 11.6 Å². The molecule has 3 aromatic carbocycles. The van der Waals surface area contributed by atoms with Gasteiger partial charge in [0.1, 0.15) is 5.82 Å². The quantitative estimate of drug-likeness (QED) is 0.207. The number of aryl methyl sites for hydroxylation is 2. The molecular weight excluding hydrogens is 645 g/mol. The van der Waals surface area contributed by atoms with E-state index in [-0.39, 0.29) is 42.1 Å². The van der Waals surface area contributed by atoms with E-state index in [0.717, 1.165) is 30.9 Å². The van der Waals surface area contributed by atoms with Crippen LogP contribution in [0.2, 0.25) is 5.02 Å². The summed E-state index contributed by atoms with van der Waals surface area (Å²) in [5, 5.41) is 9.21. The Bertz CT molecular complexity index is 1850. The number of aromatic nitrogens is 2. The predicted octanol–water partition coefficient (Wildman–Crippen LogP) is 6.86. The smallest absolute Gasteiger partial charge is 0.421 e. The zero-order valence-corrected chi connectivity index (χ0v) is 26.5. The number of halogens is 4. The van der Waals surface area contributed by atoms with Gasteiger partial charge in [-0.2, -0.15) is 13.2 Å². The zero-order chi connectivity index (χ0) is 33.2. The number of carbonyl (C=O) groups excluding carboxylic acids is 1. The average molecular weight is 677 g/mol. The number of sulfonamides is 1. The number of fused-ring (bicyclic) bond motifs is 1. The number of nitrogens with zero attached hydrogens (tertiary/aromatic N) is 4. The molecule has 4 aromatic rings. The molecule has 1 aliphatic heterocycles. The summed E-state index contributed by atoms with van der Waals surface area (Å²) in [5.41, 5.74) is 1.36. The molecule has 1 saturated heterocycles. The highest BCUT2D eigenvalue weighted by atomic mass is 35.5. The summed E-state index contributed by atoms with van der Waals surface area (Å²) in [5.74, 6) is 0.330. The van der Waals surface area contributed by atoms with E-state index in [1.54, 1.807) is 52.8 Å². The molecule has 9 nitrogen and oxygen atoms in total. The lowest BCUT2D eigenvalue weighted by Gasteiger charge is -2.26. The molecule has 1 aliphatic rings. The van der Waals surface area contributed by atoms with Crippen molar-refractivity contribution >= 4 is 44.7 Å². The van der Waals surface area contributed by atoms with Crippen LogP contribution in [0.5, 0.6) is 0 Å². The fourth-order valence-electron chi connectivity index (χ4n) is 5.54. The van der Waals surface area contributed by atoms with Gasteiger partial charge in [0.15, 0.2) is 0 Å². The van der Waals surface area contributed by atoms with Crippen molar-refractivity contribution in [2.24, 2.45) is 0 Å². The Kier molecular flexibility index (Phi) is 9.64. The molecule has 0 saturated carbocycles. The SMILES string of the molecule is Cc1ccc(S(=O)(=O)N(CCc2ccc(-n3c(CCC(=O)N4CCCCC4)nc4cc(C(F)(F)F)c(Cl)cc43)cc2)C(=O)O)cc1. The second-order valence-electron chi connectivity index (χ2n) is 11.2. The number of carbonyl (C=O) groups is 2. The van der Waals surface area contributed by atoms with Crippen LogP contribution in [0.15, 0.2) is 65.6 Å². The number of carboxylic acid groups (broad SMARTS) is 1. The van der Waals surface area contributed by atoms with Crippen molar-refractivity contribution < 1.29 is 36.3 Å². The van der Waals surface area contributed by atoms with Crippen LogP contribution in [0, 0.1) is 6.92 Å². The lowest BCUT2D eigenvalue weighted by atomic mass is 10.1. The Morgan fingerprint density at radius 3 is 2.24 bits per heavy atom. The first kappa shape index (κ1) is 33.3. The van der Waals surface area contributed by atoms with Crippen molar-refractivity contribution in [2.45, 2.75) is 56.5 Å². The van der Waals surface area contributed by atoms with Crippen LogP contribution < -0.4 is 0 Å². The normalized spacial score (nSPS) is 14.1. The first-order chi connectivity index (χ1) is 21.8. The molecule has 0 aliphatic carbocycles. The molecule has 1 aromatic heterocycles. The summed E-state index contributed by atoms with van der Waals surface area (Å²) >= 11 is 6.07. The molecule has 0 bridgehead atoms. The largest absolute Gasteiger partial charge is 0.464 e. The van der Waals surface area contributed by atoms with Gasteiger partial charge in [-0.3, -0.25) is 9.36 Å². The number of piperidine rings is 1. The second kappa shape index (κ2) is 13.3. The topological polar surface area (TPSA) is 113 Å². The third-order valence-electron chi connectivity index (χ3n) is 8.01. The number of rotatable bonds is 9. The van der Waals surface area contributed by atoms with Crippen molar-refractivity contribution in [3.63, 3.8) is 0 Å². The van der Waals surface area contributed by atoms with E-state index < -0.39 is 32.9 Å². The van der Waals surface area contributed by atoms with Gasteiger partial charge < -0.3 is 10.0 Å². The highest BCUT2D eigenvalue weighted by Crippen LogP contribution is 2.38. The minimum absolute atomic E-state index is 0.0498. The number of amides is 2. The number of hydrogen-bond acceptors (Lipinski definition) is 5. The van der Waals surface area contributed by atoms with Crippen molar-refractivity contribution in [1.29, 1.82) is 0 Å². The number of hydrogen-bond donors (Lipinski definition) is 1.